The summed E-state index contributed by atoms with van der Waals surface area (Å²) < 4.78 is 43.6. The average molecular weight is 348 g/mol. The maximum Gasteiger partial charge on any atom is 0.416 e. The highest BCUT2D eigenvalue weighted by Gasteiger charge is 2.31. The molecule has 0 atom stereocenters. The van der Waals surface area contributed by atoms with Gasteiger partial charge in [0, 0.05) is 11.7 Å². The lowest BCUT2D eigenvalue weighted by molar-refractivity contribution is -0.137. The van der Waals surface area contributed by atoms with Gasteiger partial charge in [-0.2, -0.15) is 13.2 Å². The Morgan fingerprint density at radius 1 is 1.16 bits per heavy atom. The van der Waals surface area contributed by atoms with Gasteiger partial charge in [-0.05, 0) is 47.3 Å². The van der Waals surface area contributed by atoms with E-state index in [9.17, 15) is 18.0 Å². The van der Waals surface area contributed by atoms with Crippen molar-refractivity contribution in [2.75, 3.05) is 12.4 Å². The van der Waals surface area contributed by atoms with Gasteiger partial charge in [-0.15, -0.1) is 0 Å². The number of halogens is 3. The minimum atomic E-state index is -4.49. The molecule has 1 aromatic heterocycles. The second-order valence-electron chi connectivity index (χ2n) is 5.54. The van der Waals surface area contributed by atoms with Crippen molar-refractivity contribution < 1.29 is 22.7 Å². The van der Waals surface area contributed by atoms with Crippen LogP contribution in [-0.4, -0.2) is 18.0 Å². The van der Waals surface area contributed by atoms with Crippen molar-refractivity contribution in [3.63, 3.8) is 0 Å². The molecule has 0 saturated heterocycles. The van der Waals surface area contributed by atoms with Crippen LogP contribution in [0.1, 0.15) is 11.1 Å². The number of nitrogens with one attached hydrogen (secondary N) is 2. The first-order valence-electron chi connectivity index (χ1n) is 7.48. The second kappa shape index (κ2) is 6.51. The fourth-order valence-electron chi connectivity index (χ4n) is 2.57. The zero-order chi connectivity index (χ0) is 18.0. The first-order chi connectivity index (χ1) is 11.9. The predicted octanol–water partition coefficient (Wildman–Crippen LogP) is 4.38. The molecule has 130 valence electrons. The predicted molar refractivity (Wildman–Crippen MR) is 88.6 cm³/mol. The van der Waals surface area contributed by atoms with Crippen LogP contribution in [0.5, 0.6) is 5.75 Å². The van der Waals surface area contributed by atoms with E-state index in [-0.39, 0.29) is 17.9 Å². The molecule has 0 unspecified atom stereocenters. The lowest BCUT2D eigenvalue weighted by atomic mass is 10.1. The van der Waals surface area contributed by atoms with Crippen LogP contribution in [-0.2, 0) is 17.4 Å². The number of H-pyrrole nitrogens is 1. The lowest BCUT2D eigenvalue weighted by Gasteiger charge is -2.13. The van der Waals surface area contributed by atoms with Gasteiger partial charge >= 0.3 is 6.18 Å². The number of alkyl halides is 3. The third kappa shape index (κ3) is 3.76. The molecule has 1 heterocycles. The molecule has 3 aromatic rings. The van der Waals surface area contributed by atoms with Crippen molar-refractivity contribution in [3.05, 3.63) is 59.8 Å². The van der Waals surface area contributed by atoms with Crippen LogP contribution in [0.3, 0.4) is 0 Å². The van der Waals surface area contributed by atoms with Crippen LogP contribution < -0.4 is 10.1 Å². The highest BCUT2D eigenvalue weighted by molar-refractivity contribution is 5.94. The van der Waals surface area contributed by atoms with Crippen molar-refractivity contribution >= 4 is 22.5 Å². The fraction of sp³-hybridized carbons (Fsp3) is 0.167. The Kier molecular flexibility index (Phi) is 4.39. The van der Waals surface area contributed by atoms with E-state index in [1.165, 1.54) is 13.2 Å². The molecule has 0 saturated carbocycles. The number of hydrogen-bond acceptors (Lipinski definition) is 2. The number of anilines is 1. The molecule has 0 aliphatic heterocycles. The number of amides is 1. The minimum Gasteiger partial charge on any atom is -0.495 e. The zero-order valence-electron chi connectivity index (χ0n) is 13.3. The Morgan fingerprint density at radius 3 is 2.68 bits per heavy atom. The number of carbonyl (C=O) groups is 1. The first kappa shape index (κ1) is 16.9. The van der Waals surface area contributed by atoms with Crippen LogP contribution >= 0.6 is 0 Å². The van der Waals surface area contributed by atoms with E-state index in [4.69, 9.17) is 4.74 Å². The van der Waals surface area contributed by atoms with Gasteiger partial charge in [-0.25, -0.2) is 0 Å². The van der Waals surface area contributed by atoms with Gasteiger partial charge in [0.1, 0.15) is 5.75 Å². The summed E-state index contributed by atoms with van der Waals surface area (Å²) in [6.45, 7) is 0. The Bertz CT molecular complexity index is 916. The van der Waals surface area contributed by atoms with Crippen molar-refractivity contribution in [1.82, 2.24) is 4.98 Å². The second-order valence-corrected chi connectivity index (χ2v) is 5.54. The average Bonchev–Trinajstić information content (AvgIpc) is 3.01. The number of methoxy groups -OCH3 is 1. The summed E-state index contributed by atoms with van der Waals surface area (Å²) in [7, 11) is 1.33. The van der Waals surface area contributed by atoms with Gasteiger partial charge in [-0.3, -0.25) is 4.79 Å². The van der Waals surface area contributed by atoms with Crippen molar-refractivity contribution in [2.45, 2.75) is 12.6 Å². The molecule has 0 bridgehead atoms. The number of benzene rings is 2. The highest BCUT2D eigenvalue weighted by atomic mass is 19.4. The number of carbonyl (C=O) groups excluding carboxylic acids is 1. The lowest BCUT2D eigenvalue weighted by Crippen LogP contribution is -2.16. The van der Waals surface area contributed by atoms with Crippen LogP contribution in [0.25, 0.3) is 10.9 Å². The smallest absolute Gasteiger partial charge is 0.416 e. The van der Waals surface area contributed by atoms with E-state index in [0.29, 0.717) is 0 Å². The largest absolute Gasteiger partial charge is 0.495 e. The Morgan fingerprint density at radius 2 is 1.96 bits per heavy atom. The van der Waals surface area contributed by atoms with Crippen molar-refractivity contribution in [2.24, 2.45) is 0 Å². The molecule has 0 aliphatic carbocycles. The molecule has 1 amide bonds. The summed E-state index contributed by atoms with van der Waals surface area (Å²) in [6.07, 6.45) is -2.66. The molecule has 4 nitrogen and oxygen atoms in total. The fourth-order valence-corrected chi connectivity index (χ4v) is 2.57. The van der Waals surface area contributed by atoms with E-state index >= 15 is 0 Å². The van der Waals surface area contributed by atoms with Gasteiger partial charge in [0.2, 0.25) is 5.91 Å². The van der Waals surface area contributed by atoms with E-state index < -0.39 is 17.6 Å². The van der Waals surface area contributed by atoms with Crippen molar-refractivity contribution in [1.29, 1.82) is 0 Å². The normalized spacial score (nSPS) is 11.5. The maximum atomic E-state index is 12.8. The van der Waals surface area contributed by atoms with Crippen LogP contribution in [0.4, 0.5) is 18.9 Å². The molecule has 2 N–H and O–H groups in total. The van der Waals surface area contributed by atoms with E-state index in [1.807, 2.05) is 18.2 Å². The first-order valence-corrected chi connectivity index (χ1v) is 7.48. The summed E-state index contributed by atoms with van der Waals surface area (Å²) in [6, 6.07) is 10.3. The van der Waals surface area contributed by atoms with E-state index in [0.717, 1.165) is 28.6 Å². The summed E-state index contributed by atoms with van der Waals surface area (Å²) in [5.74, 6) is -0.255. The van der Waals surface area contributed by atoms with Gasteiger partial charge in [-0.1, -0.05) is 6.07 Å². The quantitative estimate of drug-likeness (QED) is 0.735. The van der Waals surface area contributed by atoms with Gasteiger partial charge in [0.05, 0.1) is 24.8 Å². The Balaban J connectivity index is 1.79. The molecule has 2 aromatic carbocycles. The van der Waals surface area contributed by atoms with Gasteiger partial charge in [0.15, 0.2) is 0 Å². The number of aromatic amines is 1. The summed E-state index contributed by atoms with van der Waals surface area (Å²) in [5.41, 5.74) is 0.849. The van der Waals surface area contributed by atoms with Gasteiger partial charge in [0.25, 0.3) is 0 Å². The molecule has 0 spiro atoms. The monoisotopic (exact) mass is 348 g/mol. The summed E-state index contributed by atoms with van der Waals surface area (Å²) >= 11 is 0. The minimum absolute atomic E-state index is 0.00922. The third-order valence-corrected chi connectivity index (χ3v) is 3.78. The van der Waals surface area contributed by atoms with Crippen molar-refractivity contribution in [3.8, 4) is 5.75 Å². The zero-order valence-corrected chi connectivity index (χ0v) is 13.3. The Hall–Kier alpha value is -2.96. The van der Waals surface area contributed by atoms with E-state index in [2.05, 4.69) is 10.3 Å². The van der Waals surface area contributed by atoms with Crippen LogP contribution in [0, 0.1) is 0 Å². The number of rotatable bonds is 4. The van der Waals surface area contributed by atoms with E-state index in [1.54, 1.807) is 12.3 Å². The molecular weight excluding hydrogens is 333 g/mol. The molecule has 0 aliphatic rings. The number of fused-ring (bicyclic) bond motifs is 1. The third-order valence-electron chi connectivity index (χ3n) is 3.78. The standard InChI is InChI=1S/C18H15F3N2O2/c1-25-16-5-3-13(18(19,20)21)10-15(16)23-17(24)9-11-2-4-14-12(8-11)6-7-22-14/h2-8,10,22H,9H2,1H3,(H,23,24). The highest BCUT2D eigenvalue weighted by Crippen LogP contribution is 2.35. The molecule has 0 fully saturated rings. The molecule has 7 heteroatoms. The van der Waals surface area contributed by atoms with Crippen LogP contribution in [0.2, 0.25) is 0 Å². The summed E-state index contributed by atoms with van der Waals surface area (Å²) in [4.78, 5) is 15.3. The number of aromatic nitrogens is 1. The number of hydrogen-bond donors (Lipinski definition) is 2. The van der Waals surface area contributed by atoms with Gasteiger partial charge < -0.3 is 15.0 Å². The summed E-state index contributed by atoms with van der Waals surface area (Å²) in [5, 5.41) is 3.45. The SMILES string of the molecule is COc1ccc(C(F)(F)F)cc1NC(=O)Cc1ccc2[nH]ccc2c1. The topological polar surface area (TPSA) is 54.1 Å². The number of ether oxygens (including phenoxy) is 1. The maximum absolute atomic E-state index is 12.8. The van der Waals surface area contributed by atoms with Crippen LogP contribution in [0.15, 0.2) is 48.7 Å². The molecular formula is C18H15F3N2O2. The molecule has 3 rings (SSSR count). The molecule has 25 heavy (non-hydrogen) atoms. The molecule has 0 radical (unpaired) electrons. The Labute approximate surface area is 141 Å².